The van der Waals surface area contributed by atoms with Gasteiger partial charge in [-0.25, -0.2) is 19.3 Å². The van der Waals surface area contributed by atoms with E-state index in [0.29, 0.717) is 17.3 Å². The molecule has 16 heavy (non-hydrogen) atoms. The molecule has 0 unspecified atom stereocenters. The van der Waals surface area contributed by atoms with E-state index in [9.17, 15) is 4.39 Å². The van der Waals surface area contributed by atoms with E-state index in [1.807, 2.05) is 13.0 Å². The molecule has 2 rings (SSSR count). The van der Waals surface area contributed by atoms with E-state index in [1.54, 1.807) is 13.1 Å². The van der Waals surface area contributed by atoms with Gasteiger partial charge in [0.1, 0.15) is 17.3 Å². The Hall–Kier alpha value is -2.04. The number of aromatic nitrogens is 3. The normalized spacial score (nSPS) is 10.2. The van der Waals surface area contributed by atoms with Crippen LogP contribution in [0.4, 0.5) is 10.2 Å². The van der Waals surface area contributed by atoms with E-state index in [1.165, 1.54) is 6.07 Å². The maximum Gasteiger partial charge on any atom is 0.180 e. The van der Waals surface area contributed by atoms with Gasteiger partial charge in [0.05, 0.1) is 6.20 Å². The highest BCUT2D eigenvalue weighted by molar-refractivity contribution is 5.52. The van der Waals surface area contributed by atoms with Gasteiger partial charge < -0.3 is 5.32 Å². The summed E-state index contributed by atoms with van der Waals surface area (Å²) in [6.45, 7) is 1.87. The van der Waals surface area contributed by atoms with E-state index in [0.717, 1.165) is 11.9 Å². The Morgan fingerprint density at radius 2 is 2.06 bits per heavy atom. The largest absolute Gasteiger partial charge is 0.373 e. The van der Waals surface area contributed by atoms with Crippen LogP contribution in [0.15, 0.2) is 24.4 Å². The lowest BCUT2D eigenvalue weighted by Gasteiger charge is -2.04. The predicted octanol–water partition coefficient (Wildman–Crippen LogP) is 2.03. The van der Waals surface area contributed by atoms with Crippen LogP contribution in [-0.4, -0.2) is 22.0 Å². The summed E-state index contributed by atoms with van der Waals surface area (Å²) in [6.07, 6.45) is 1.15. The van der Waals surface area contributed by atoms with Crippen molar-refractivity contribution < 1.29 is 4.39 Å². The summed E-state index contributed by atoms with van der Waals surface area (Å²) >= 11 is 0. The fourth-order valence-electron chi connectivity index (χ4n) is 1.32. The van der Waals surface area contributed by atoms with E-state index < -0.39 is 0 Å². The van der Waals surface area contributed by atoms with Crippen LogP contribution in [0.2, 0.25) is 0 Å². The number of anilines is 1. The molecule has 0 saturated carbocycles. The third-order valence-electron chi connectivity index (χ3n) is 2.07. The van der Waals surface area contributed by atoms with E-state index in [-0.39, 0.29) is 5.82 Å². The van der Waals surface area contributed by atoms with Crippen LogP contribution in [0, 0.1) is 12.7 Å². The first-order valence-corrected chi connectivity index (χ1v) is 4.84. The van der Waals surface area contributed by atoms with Crippen molar-refractivity contribution in [2.24, 2.45) is 0 Å². The zero-order valence-electron chi connectivity index (χ0n) is 9.03. The van der Waals surface area contributed by atoms with Crippen molar-refractivity contribution in [2.45, 2.75) is 6.92 Å². The third kappa shape index (κ3) is 2.13. The molecule has 0 aromatic carbocycles. The summed E-state index contributed by atoms with van der Waals surface area (Å²) in [4.78, 5) is 12.4. The van der Waals surface area contributed by atoms with Crippen molar-refractivity contribution in [1.82, 2.24) is 15.0 Å². The summed E-state index contributed by atoms with van der Waals surface area (Å²) in [5.41, 5.74) is 1.39. The molecule has 5 heteroatoms. The van der Waals surface area contributed by atoms with Crippen LogP contribution in [-0.2, 0) is 0 Å². The minimum Gasteiger partial charge on any atom is -0.373 e. The van der Waals surface area contributed by atoms with Gasteiger partial charge in [0.15, 0.2) is 5.82 Å². The molecule has 0 amide bonds. The highest BCUT2D eigenvalue weighted by Crippen LogP contribution is 2.15. The molecule has 0 spiro atoms. The summed E-state index contributed by atoms with van der Waals surface area (Å²) in [6, 6.07) is 4.73. The van der Waals surface area contributed by atoms with Crippen LogP contribution < -0.4 is 5.32 Å². The molecule has 0 saturated heterocycles. The summed E-state index contributed by atoms with van der Waals surface area (Å²) in [5, 5.41) is 2.94. The number of hydrogen-bond donors (Lipinski definition) is 1. The summed E-state index contributed by atoms with van der Waals surface area (Å²) in [5.74, 6) is 0.836. The first-order valence-electron chi connectivity index (χ1n) is 4.84. The highest BCUT2D eigenvalue weighted by Gasteiger charge is 2.05. The molecule has 2 heterocycles. The second-order valence-corrected chi connectivity index (χ2v) is 3.33. The van der Waals surface area contributed by atoms with E-state index in [4.69, 9.17) is 0 Å². The fraction of sp³-hybridized carbons (Fsp3) is 0.182. The highest BCUT2D eigenvalue weighted by atomic mass is 19.1. The molecule has 82 valence electrons. The number of hydrogen-bond acceptors (Lipinski definition) is 4. The van der Waals surface area contributed by atoms with Crippen LogP contribution in [0.5, 0.6) is 0 Å². The zero-order chi connectivity index (χ0) is 11.5. The lowest BCUT2D eigenvalue weighted by atomic mass is 10.3. The van der Waals surface area contributed by atoms with Gasteiger partial charge in [-0.05, 0) is 19.1 Å². The van der Waals surface area contributed by atoms with Crippen molar-refractivity contribution in [2.75, 3.05) is 12.4 Å². The van der Waals surface area contributed by atoms with Gasteiger partial charge in [0.2, 0.25) is 0 Å². The summed E-state index contributed by atoms with van der Waals surface area (Å²) in [7, 11) is 1.78. The maximum atomic E-state index is 12.7. The second-order valence-electron chi connectivity index (χ2n) is 3.33. The van der Waals surface area contributed by atoms with Gasteiger partial charge in [0, 0.05) is 18.8 Å². The number of pyridine rings is 1. The SMILES string of the molecule is CNc1cc(C)nc(-c2ccc(F)cn2)n1. The third-order valence-corrected chi connectivity index (χ3v) is 2.07. The number of nitrogens with zero attached hydrogens (tertiary/aromatic N) is 3. The molecular formula is C11H11FN4. The molecule has 2 aromatic rings. The molecule has 0 aliphatic rings. The fourth-order valence-corrected chi connectivity index (χ4v) is 1.32. The molecule has 0 radical (unpaired) electrons. The average Bonchev–Trinajstić information content (AvgIpc) is 2.29. The maximum absolute atomic E-state index is 12.7. The van der Waals surface area contributed by atoms with E-state index in [2.05, 4.69) is 20.3 Å². The lowest BCUT2D eigenvalue weighted by molar-refractivity contribution is 0.621. The number of halogens is 1. The van der Waals surface area contributed by atoms with Crippen molar-refractivity contribution >= 4 is 5.82 Å². The minimum absolute atomic E-state index is 0.370. The Bertz CT molecular complexity index is 496. The smallest absolute Gasteiger partial charge is 0.180 e. The molecule has 0 fully saturated rings. The predicted molar refractivity (Wildman–Crippen MR) is 59.5 cm³/mol. The standard InChI is InChI=1S/C11H11FN4/c1-7-5-10(13-2)16-11(15-7)9-4-3-8(12)6-14-9/h3-6H,1-2H3,(H,13,15,16). The van der Waals surface area contributed by atoms with Crippen molar-refractivity contribution in [1.29, 1.82) is 0 Å². The van der Waals surface area contributed by atoms with Crippen molar-refractivity contribution in [3.05, 3.63) is 35.9 Å². The first kappa shape index (κ1) is 10.5. The molecule has 0 atom stereocenters. The van der Waals surface area contributed by atoms with Crippen molar-refractivity contribution in [3.8, 4) is 11.5 Å². The minimum atomic E-state index is -0.370. The monoisotopic (exact) mass is 218 g/mol. The second kappa shape index (κ2) is 4.22. The number of nitrogens with one attached hydrogen (secondary N) is 1. The van der Waals surface area contributed by atoms with Crippen LogP contribution >= 0.6 is 0 Å². The first-order chi connectivity index (χ1) is 7.69. The molecule has 0 aliphatic carbocycles. The van der Waals surface area contributed by atoms with Gasteiger partial charge in [-0.15, -0.1) is 0 Å². The Kier molecular flexibility index (Phi) is 2.76. The Balaban J connectivity index is 2.47. The van der Waals surface area contributed by atoms with Gasteiger partial charge >= 0.3 is 0 Å². The zero-order valence-corrected chi connectivity index (χ0v) is 9.03. The molecule has 0 bridgehead atoms. The molecule has 0 aliphatic heterocycles. The lowest BCUT2D eigenvalue weighted by Crippen LogP contribution is -1.99. The average molecular weight is 218 g/mol. The van der Waals surface area contributed by atoms with E-state index >= 15 is 0 Å². The number of rotatable bonds is 2. The van der Waals surface area contributed by atoms with Crippen LogP contribution in [0.3, 0.4) is 0 Å². The quantitative estimate of drug-likeness (QED) is 0.837. The van der Waals surface area contributed by atoms with Gasteiger partial charge in [-0.1, -0.05) is 0 Å². The van der Waals surface area contributed by atoms with Gasteiger partial charge in [-0.2, -0.15) is 0 Å². The molecule has 1 N–H and O–H groups in total. The van der Waals surface area contributed by atoms with Crippen LogP contribution in [0.1, 0.15) is 5.69 Å². The molecule has 2 aromatic heterocycles. The van der Waals surface area contributed by atoms with Crippen molar-refractivity contribution in [3.63, 3.8) is 0 Å². The molecular weight excluding hydrogens is 207 g/mol. The number of aryl methyl sites for hydroxylation is 1. The van der Waals surface area contributed by atoms with Gasteiger partial charge in [0.25, 0.3) is 0 Å². The topological polar surface area (TPSA) is 50.7 Å². The Morgan fingerprint density at radius 1 is 1.25 bits per heavy atom. The summed E-state index contributed by atoms with van der Waals surface area (Å²) < 4.78 is 12.7. The van der Waals surface area contributed by atoms with Gasteiger partial charge in [-0.3, -0.25) is 0 Å². The Labute approximate surface area is 92.6 Å². The Morgan fingerprint density at radius 3 is 2.69 bits per heavy atom. The molecule has 4 nitrogen and oxygen atoms in total. The van der Waals surface area contributed by atoms with Crippen LogP contribution in [0.25, 0.3) is 11.5 Å².